The summed E-state index contributed by atoms with van der Waals surface area (Å²) in [5, 5.41) is 5.53. The SMILES string of the molecule is CC(=O)N(C)Cc1cccc(NC(=O)CCNC(=O)c2ccc(Br)cc2)c1. The summed E-state index contributed by atoms with van der Waals surface area (Å²) in [4.78, 5) is 37.0. The summed E-state index contributed by atoms with van der Waals surface area (Å²) in [5.74, 6) is -0.432. The Hall–Kier alpha value is -2.67. The maximum absolute atomic E-state index is 12.1. The molecule has 27 heavy (non-hydrogen) atoms. The molecular formula is C20H22BrN3O3. The van der Waals surface area contributed by atoms with E-state index in [1.54, 1.807) is 42.3 Å². The van der Waals surface area contributed by atoms with Gasteiger partial charge in [0.1, 0.15) is 0 Å². The predicted molar refractivity (Wildman–Crippen MR) is 108 cm³/mol. The van der Waals surface area contributed by atoms with E-state index in [9.17, 15) is 14.4 Å². The quantitative estimate of drug-likeness (QED) is 0.706. The van der Waals surface area contributed by atoms with Crippen molar-refractivity contribution in [2.45, 2.75) is 19.9 Å². The van der Waals surface area contributed by atoms with Crippen LogP contribution >= 0.6 is 15.9 Å². The lowest BCUT2D eigenvalue weighted by molar-refractivity contribution is -0.128. The van der Waals surface area contributed by atoms with E-state index in [1.165, 1.54) is 6.92 Å². The summed E-state index contributed by atoms with van der Waals surface area (Å²) < 4.78 is 0.898. The molecule has 0 saturated carbocycles. The summed E-state index contributed by atoms with van der Waals surface area (Å²) in [5.41, 5.74) is 2.13. The monoisotopic (exact) mass is 431 g/mol. The zero-order valence-corrected chi connectivity index (χ0v) is 16.9. The third-order valence-electron chi connectivity index (χ3n) is 3.91. The van der Waals surface area contributed by atoms with Crippen LogP contribution in [0.25, 0.3) is 0 Å². The van der Waals surface area contributed by atoms with Gasteiger partial charge in [-0.05, 0) is 42.0 Å². The number of benzene rings is 2. The van der Waals surface area contributed by atoms with Crippen molar-refractivity contribution < 1.29 is 14.4 Å². The lowest BCUT2D eigenvalue weighted by atomic mass is 10.2. The van der Waals surface area contributed by atoms with Gasteiger partial charge < -0.3 is 15.5 Å². The van der Waals surface area contributed by atoms with Crippen LogP contribution in [-0.2, 0) is 16.1 Å². The number of nitrogens with one attached hydrogen (secondary N) is 2. The first-order valence-electron chi connectivity index (χ1n) is 8.49. The van der Waals surface area contributed by atoms with Crippen LogP contribution in [-0.4, -0.2) is 36.2 Å². The molecule has 0 radical (unpaired) electrons. The van der Waals surface area contributed by atoms with Crippen LogP contribution < -0.4 is 10.6 Å². The second-order valence-corrected chi connectivity index (χ2v) is 7.05. The minimum atomic E-state index is -0.218. The molecule has 0 fully saturated rings. The maximum atomic E-state index is 12.1. The average Bonchev–Trinajstić information content (AvgIpc) is 2.62. The number of halogens is 1. The van der Waals surface area contributed by atoms with Crippen LogP contribution in [0.3, 0.4) is 0 Å². The zero-order valence-electron chi connectivity index (χ0n) is 15.3. The number of hydrogen-bond acceptors (Lipinski definition) is 3. The molecule has 2 rings (SSSR count). The highest BCUT2D eigenvalue weighted by Gasteiger charge is 2.08. The Morgan fingerprint density at radius 2 is 1.78 bits per heavy atom. The second-order valence-electron chi connectivity index (χ2n) is 6.14. The minimum absolute atomic E-state index is 0.0223. The van der Waals surface area contributed by atoms with Crippen molar-refractivity contribution in [3.8, 4) is 0 Å². The zero-order chi connectivity index (χ0) is 19.8. The van der Waals surface area contributed by atoms with Gasteiger partial charge in [0.15, 0.2) is 0 Å². The summed E-state index contributed by atoms with van der Waals surface area (Å²) in [7, 11) is 1.72. The van der Waals surface area contributed by atoms with Gasteiger partial charge in [0, 0.05) is 49.2 Å². The molecule has 2 aromatic rings. The van der Waals surface area contributed by atoms with Crippen molar-refractivity contribution in [1.29, 1.82) is 0 Å². The third kappa shape index (κ3) is 6.86. The number of carbonyl (C=O) groups is 3. The van der Waals surface area contributed by atoms with E-state index in [0.717, 1.165) is 10.0 Å². The van der Waals surface area contributed by atoms with Crippen molar-refractivity contribution in [2.75, 3.05) is 18.9 Å². The number of rotatable bonds is 7. The smallest absolute Gasteiger partial charge is 0.251 e. The number of hydrogen-bond donors (Lipinski definition) is 2. The van der Waals surface area contributed by atoms with Gasteiger partial charge in [-0.15, -0.1) is 0 Å². The molecule has 0 bridgehead atoms. The molecule has 2 N–H and O–H groups in total. The van der Waals surface area contributed by atoms with Gasteiger partial charge in [0.05, 0.1) is 0 Å². The van der Waals surface area contributed by atoms with Crippen molar-refractivity contribution in [1.82, 2.24) is 10.2 Å². The van der Waals surface area contributed by atoms with Crippen LogP contribution in [0.2, 0.25) is 0 Å². The highest BCUT2D eigenvalue weighted by atomic mass is 79.9. The third-order valence-corrected chi connectivity index (χ3v) is 4.44. The van der Waals surface area contributed by atoms with Gasteiger partial charge in [-0.25, -0.2) is 0 Å². The molecule has 0 unspecified atom stereocenters. The van der Waals surface area contributed by atoms with Gasteiger partial charge >= 0.3 is 0 Å². The maximum Gasteiger partial charge on any atom is 0.251 e. The molecule has 0 aliphatic heterocycles. The molecule has 6 nitrogen and oxygen atoms in total. The first-order chi connectivity index (χ1) is 12.8. The first-order valence-corrected chi connectivity index (χ1v) is 9.28. The molecule has 142 valence electrons. The summed E-state index contributed by atoms with van der Waals surface area (Å²) >= 11 is 3.32. The van der Waals surface area contributed by atoms with Crippen molar-refractivity contribution in [3.63, 3.8) is 0 Å². The standard InChI is InChI=1S/C20H22BrN3O3/c1-14(25)24(2)13-15-4-3-5-18(12-15)23-19(26)10-11-22-20(27)16-6-8-17(21)9-7-16/h3-9,12H,10-11,13H2,1-2H3,(H,22,27)(H,23,26). The summed E-state index contributed by atoms with van der Waals surface area (Å²) in [6.45, 7) is 2.23. The Morgan fingerprint density at radius 1 is 1.07 bits per heavy atom. The van der Waals surface area contributed by atoms with Crippen molar-refractivity contribution >= 4 is 39.3 Å². The van der Waals surface area contributed by atoms with E-state index in [0.29, 0.717) is 17.8 Å². The van der Waals surface area contributed by atoms with Crippen LogP contribution in [0.5, 0.6) is 0 Å². The molecular weight excluding hydrogens is 410 g/mol. The molecule has 0 heterocycles. The van der Waals surface area contributed by atoms with E-state index < -0.39 is 0 Å². The summed E-state index contributed by atoms with van der Waals surface area (Å²) in [6.07, 6.45) is 0.167. The van der Waals surface area contributed by atoms with Gasteiger partial charge in [0.25, 0.3) is 5.91 Å². The molecule has 2 aromatic carbocycles. The minimum Gasteiger partial charge on any atom is -0.352 e. The fraction of sp³-hybridized carbons (Fsp3) is 0.250. The van der Waals surface area contributed by atoms with Gasteiger partial charge in [-0.3, -0.25) is 14.4 Å². The molecule has 3 amide bonds. The highest BCUT2D eigenvalue weighted by Crippen LogP contribution is 2.13. The fourth-order valence-electron chi connectivity index (χ4n) is 2.35. The lowest BCUT2D eigenvalue weighted by Gasteiger charge is -2.15. The molecule has 0 spiro atoms. The van der Waals surface area contributed by atoms with E-state index in [2.05, 4.69) is 26.6 Å². The van der Waals surface area contributed by atoms with E-state index in [4.69, 9.17) is 0 Å². The Labute approximate surface area is 167 Å². The van der Waals surface area contributed by atoms with Gasteiger partial charge in [-0.2, -0.15) is 0 Å². The Bertz CT molecular complexity index is 821. The first kappa shape index (κ1) is 20.6. The van der Waals surface area contributed by atoms with E-state index in [-0.39, 0.29) is 30.7 Å². The summed E-state index contributed by atoms with van der Waals surface area (Å²) in [6, 6.07) is 14.3. The van der Waals surface area contributed by atoms with Crippen molar-refractivity contribution in [3.05, 3.63) is 64.1 Å². The van der Waals surface area contributed by atoms with E-state index in [1.807, 2.05) is 18.2 Å². The Morgan fingerprint density at radius 3 is 2.44 bits per heavy atom. The molecule has 0 aliphatic rings. The fourth-order valence-corrected chi connectivity index (χ4v) is 2.61. The van der Waals surface area contributed by atoms with Crippen LogP contribution in [0.4, 0.5) is 5.69 Å². The predicted octanol–water partition coefficient (Wildman–Crippen LogP) is 3.19. The largest absolute Gasteiger partial charge is 0.352 e. The molecule has 0 aliphatic carbocycles. The van der Waals surface area contributed by atoms with Crippen molar-refractivity contribution in [2.24, 2.45) is 0 Å². The molecule has 0 atom stereocenters. The van der Waals surface area contributed by atoms with Crippen LogP contribution in [0, 0.1) is 0 Å². The highest BCUT2D eigenvalue weighted by molar-refractivity contribution is 9.10. The molecule has 0 aromatic heterocycles. The Kier molecular flexibility index (Phi) is 7.55. The van der Waals surface area contributed by atoms with Gasteiger partial charge in [0.2, 0.25) is 11.8 Å². The Balaban J connectivity index is 1.81. The van der Waals surface area contributed by atoms with Gasteiger partial charge in [-0.1, -0.05) is 28.1 Å². The van der Waals surface area contributed by atoms with E-state index >= 15 is 0 Å². The number of anilines is 1. The second kappa shape index (κ2) is 9.87. The number of amides is 3. The topological polar surface area (TPSA) is 78.5 Å². The van der Waals surface area contributed by atoms with Crippen LogP contribution in [0.15, 0.2) is 53.0 Å². The molecule has 7 heteroatoms. The lowest BCUT2D eigenvalue weighted by Crippen LogP contribution is -2.27. The normalized spacial score (nSPS) is 10.2. The number of nitrogens with zero attached hydrogens (tertiary/aromatic N) is 1. The number of carbonyl (C=O) groups excluding carboxylic acids is 3. The van der Waals surface area contributed by atoms with Crippen LogP contribution in [0.1, 0.15) is 29.3 Å². The average molecular weight is 432 g/mol. The molecule has 0 saturated heterocycles.